The predicted octanol–water partition coefficient (Wildman–Crippen LogP) is -0.0564. The fraction of sp³-hybridized carbons (Fsp3) is 0.333. The molecule has 0 saturated carbocycles. The molecule has 2 aromatic heterocycles. The summed E-state index contributed by atoms with van der Waals surface area (Å²) in [6.07, 6.45) is 0. The van der Waals surface area contributed by atoms with Crippen LogP contribution in [0.1, 0.15) is 22.4 Å². The lowest BCUT2D eigenvalue weighted by atomic mass is 10.5. The molecule has 0 aliphatic rings. The van der Waals surface area contributed by atoms with Crippen LogP contribution in [0.5, 0.6) is 0 Å². The van der Waals surface area contributed by atoms with Crippen molar-refractivity contribution in [2.24, 2.45) is 5.84 Å². The summed E-state index contributed by atoms with van der Waals surface area (Å²) in [5, 5.41) is 9.01. The van der Waals surface area contributed by atoms with Gasteiger partial charge in [-0.1, -0.05) is 11.8 Å². The van der Waals surface area contributed by atoms with Crippen LogP contribution in [-0.2, 0) is 12.3 Å². The van der Waals surface area contributed by atoms with Crippen molar-refractivity contribution in [2.75, 3.05) is 0 Å². The lowest BCUT2D eigenvalue weighted by Gasteiger charge is -1.99. The van der Waals surface area contributed by atoms with E-state index in [4.69, 9.17) is 5.84 Å². The average molecular weight is 300 g/mol. The average Bonchev–Trinajstić information content (AvgIpc) is 3.02. The Labute approximate surface area is 116 Å². The number of carbonyl (C=O) groups is 1. The van der Waals surface area contributed by atoms with E-state index >= 15 is 0 Å². The maximum atomic E-state index is 11.4. The van der Waals surface area contributed by atoms with Gasteiger partial charge in [-0.15, -0.1) is 16.4 Å². The highest BCUT2D eigenvalue weighted by Crippen LogP contribution is 2.20. The molecule has 0 aliphatic carbocycles. The lowest BCUT2D eigenvalue weighted by Crippen LogP contribution is -2.29. The zero-order valence-electron chi connectivity index (χ0n) is 10.0. The minimum Gasteiger partial charge on any atom is -0.288 e. The van der Waals surface area contributed by atoms with E-state index in [0.29, 0.717) is 22.5 Å². The van der Waals surface area contributed by atoms with Gasteiger partial charge in [0.25, 0.3) is 5.91 Å². The van der Waals surface area contributed by atoms with Crippen molar-refractivity contribution in [3.05, 3.63) is 26.6 Å². The van der Waals surface area contributed by atoms with Crippen LogP contribution in [0.25, 0.3) is 0 Å². The predicted molar refractivity (Wildman–Crippen MR) is 71.9 cm³/mol. The van der Waals surface area contributed by atoms with Crippen molar-refractivity contribution < 1.29 is 4.79 Å². The van der Waals surface area contributed by atoms with Crippen molar-refractivity contribution >= 4 is 29.0 Å². The molecule has 10 heteroatoms. The van der Waals surface area contributed by atoms with Gasteiger partial charge in [0.15, 0.2) is 10.2 Å². The van der Waals surface area contributed by atoms with Gasteiger partial charge in [-0.05, 0) is 6.92 Å². The van der Waals surface area contributed by atoms with Gasteiger partial charge in [-0.2, -0.15) is 0 Å². The first-order valence-corrected chi connectivity index (χ1v) is 7.25. The zero-order chi connectivity index (χ0) is 13.8. The molecule has 4 N–H and O–H groups in total. The van der Waals surface area contributed by atoms with Gasteiger partial charge in [-0.3, -0.25) is 14.8 Å². The maximum Gasteiger partial charge on any atom is 0.343 e. The topological polar surface area (TPSA) is 119 Å². The van der Waals surface area contributed by atoms with E-state index in [0.717, 1.165) is 5.69 Å². The molecule has 0 radical (unpaired) electrons. The van der Waals surface area contributed by atoms with E-state index in [1.165, 1.54) is 27.7 Å². The number of carbonyl (C=O) groups excluding carboxylic acids is 1. The number of thiazole rings is 1. The first-order valence-electron chi connectivity index (χ1n) is 5.39. The molecule has 102 valence electrons. The Kier molecular flexibility index (Phi) is 4.35. The molecule has 0 atom stereocenters. The molecule has 0 spiro atoms. The normalized spacial score (nSPS) is 10.6. The summed E-state index contributed by atoms with van der Waals surface area (Å²) in [7, 11) is 0. The third-order valence-corrected chi connectivity index (χ3v) is 4.17. The molecule has 0 aromatic carbocycles. The molecule has 2 heterocycles. The molecular weight excluding hydrogens is 288 g/mol. The van der Waals surface area contributed by atoms with Crippen molar-refractivity contribution in [3.63, 3.8) is 0 Å². The van der Waals surface area contributed by atoms with Gasteiger partial charge in [-0.25, -0.2) is 20.7 Å². The van der Waals surface area contributed by atoms with Gasteiger partial charge in [0, 0.05) is 17.7 Å². The number of hydrazine groups is 1. The molecular formula is C9H12N6O2S2. The summed E-state index contributed by atoms with van der Waals surface area (Å²) in [6.45, 7) is 2.42. The first kappa shape index (κ1) is 13.8. The Bertz CT molecular complexity index is 631. The van der Waals surface area contributed by atoms with E-state index in [-0.39, 0.29) is 5.69 Å². The Morgan fingerprint density at radius 1 is 1.68 bits per heavy atom. The Morgan fingerprint density at radius 3 is 3.16 bits per heavy atom. The number of aromatic nitrogens is 4. The Hall–Kier alpha value is -1.65. The second-order valence-corrected chi connectivity index (χ2v) is 5.26. The highest BCUT2D eigenvalue weighted by molar-refractivity contribution is 7.98. The van der Waals surface area contributed by atoms with Gasteiger partial charge in [0.05, 0.1) is 5.69 Å². The minimum atomic E-state index is -0.411. The Balaban J connectivity index is 2.04. The van der Waals surface area contributed by atoms with Crippen LogP contribution in [-0.4, -0.2) is 25.7 Å². The molecule has 0 fully saturated rings. The van der Waals surface area contributed by atoms with Crippen LogP contribution >= 0.6 is 23.1 Å². The van der Waals surface area contributed by atoms with Crippen molar-refractivity contribution in [2.45, 2.75) is 24.4 Å². The van der Waals surface area contributed by atoms with Crippen LogP contribution in [0.4, 0.5) is 0 Å². The number of amides is 1. The number of nitrogens with zero attached hydrogens (tertiary/aromatic N) is 3. The number of nitrogen functional groups attached to an aromatic ring is 1. The fourth-order valence-corrected chi connectivity index (χ4v) is 3.10. The molecule has 0 unspecified atom stereocenters. The van der Waals surface area contributed by atoms with E-state index in [9.17, 15) is 9.59 Å². The second kappa shape index (κ2) is 5.99. The van der Waals surface area contributed by atoms with Gasteiger partial charge in [0.1, 0.15) is 0 Å². The smallest absolute Gasteiger partial charge is 0.288 e. The van der Waals surface area contributed by atoms with Gasteiger partial charge in [0.2, 0.25) is 0 Å². The summed E-state index contributed by atoms with van der Waals surface area (Å²) in [5.41, 5.74) is 2.54. The van der Waals surface area contributed by atoms with Crippen LogP contribution in [0.3, 0.4) is 0 Å². The maximum absolute atomic E-state index is 11.4. The van der Waals surface area contributed by atoms with Crippen LogP contribution in [0.15, 0.2) is 15.3 Å². The monoisotopic (exact) mass is 300 g/mol. The van der Waals surface area contributed by atoms with E-state index in [2.05, 4.69) is 15.2 Å². The van der Waals surface area contributed by atoms with E-state index in [1.54, 1.807) is 5.38 Å². The highest BCUT2D eigenvalue weighted by Gasteiger charge is 2.12. The van der Waals surface area contributed by atoms with Crippen LogP contribution < -0.4 is 17.0 Å². The lowest BCUT2D eigenvalue weighted by molar-refractivity contribution is 0.0953. The Morgan fingerprint density at radius 2 is 2.47 bits per heavy atom. The molecule has 2 rings (SSSR count). The molecule has 1 amide bonds. The summed E-state index contributed by atoms with van der Waals surface area (Å²) in [4.78, 5) is 26.8. The summed E-state index contributed by atoms with van der Waals surface area (Å²) in [6, 6.07) is 0. The summed E-state index contributed by atoms with van der Waals surface area (Å²) < 4.78 is 1.53. The number of nitrogens with one attached hydrogen (secondary N) is 2. The number of rotatable bonds is 5. The standard InChI is InChI=1S/C9H12N6O2S2/c1-2-15-8(17)13-14-9(15)19-4-5-3-18-7(11-5)6(16)12-10/h3H,2,4,10H2,1H3,(H,12,16)(H,13,17). The van der Waals surface area contributed by atoms with E-state index < -0.39 is 5.91 Å². The SMILES string of the molecule is CCn1c(SCc2csc(C(=O)NN)n2)n[nH]c1=O. The molecule has 0 saturated heterocycles. The molecule has 0 bridgehead atoms. The van der Waals surface area contributed by atoms with Crippen LogP contribution in [0, 0.1) is 0 Å². The van der Waals surface area contributed by atoms with Crippen molar-refractivity contribution in [3.8, 4) is 0 Å². The number of aromatic amines is 1. The third kappa shape index (κ3) is 3.03. The molecule has 8 nitrogen and oxygen atoms in total. The van der Waals surface area contributed by atoms with Gasteiger partial charge < -0.3 is 0 Å². The zero-order valence-corrected chi connectivity index (χ0v) is 11.7. The minimum absolute atomic E-state index is 0.230. The number of nitrogens with two attached hydrogens (primary N) is 1. The second-order valence-electron chi connectivity index (χ2n) is 3.46. The number of H-pyrrole nitrogens is 1. The van der Waals surface area contributed by atoms with Gasteiger partial charge >= 0.3 is 5.69 Å². The third-order valence-electron chi connectivity index (χ3n) is 2.27. The van der Waals surface area contributed by atoms with Crippen LogP contribution in [0.2, 0.25) is 0 Å². The number of thioether (sulfide) groups is 1. The first-order chi connectivity index (χ1) is 9.15. The molecule has 0 aliphatic heterocycles. The molecule has 19 heavy (non-hydrogen) atoms. The number of hydrogen-bond acceptors (Lipinski definition) is 7. The highest BCUT2D eigenvalue weighted by atomic mass is 32.2. The summed E-state index contributed by atoms with van der Waals surface area (Å²) >= 11 is 2.60. The molecule has 2 aromatic rings. The summed E-state index contributed by atoms with van der Waals surface area (Å²) in [5.74, 6) is 5.14. The van der Waals surface area contributed by atoms with Crippen molar-refractivity contribution in [1.82, 2.24) is 25.2 Å². The fourth-order valence-electron chi connectivity index (χ4n) is 1.37. The number of hydrogen-bond donors (Lipinski definition) is 3. The van der Waals surface area contributed by atoms with E-state index in [1.807, 2.05) is 12.3 Å². The van der Waals surface area contributed by atoms with Crippen molar-refractivity contribution in [1.29, 1.82) is 0 Å². The quantitative estimate of drug-likeness (QED) is 0.308. The largest absolute Gasteiger partial charge is 0.343 e.